The third kappa shape index (κ3) is 2.79. The van der Waals surface area contributed by atoms with Gasteiger partial charge in [0.25, 0.3) is 5.69 Å². The minimum atomic E-state index is -0.444. The maximum Gasteiger partial charge on any atom is 0.269 e. The van der Waals surface area contributed by atoms with Gasteiger partial charge in [0, 0.05) is 19.1 Å². The summed E-state index contributed by atoms with van der Waals surface area (Å²) in [5.74, 6) is 2.34. The molecule has 0 unspecified atom stereocenters. The van der Waals surface area contributed by atoms with E-state index in [1.165, 1.54) is 12.1 Å². The van der Waals surface area contributed by atoms with E-state index in [0.717, 1.165) is 5.56 Å². The van der Waals surface area contributed by atoms with Crippen molar-refractivity contribution in [1.82, 2.24) is 0 Å². The average molecular weight is 190 g/mol. The van der Waals surface area contributed by atoms with Gasteiger partial charge in [-0.3, -0.25) is 10.1 Å². The van der Waals surface area contributed by atoms with Gasteiger partial charge in [0.2, 0.25) is 0 Å². The van der Waals surface area contributed by atoms with Crippen LogP contribution in [0.4, 0.5) is 5.69 Å². The van der Waals surface area contributed by atoms with Gasteiger partial charge in [-0.15, -0.1) is 0 Å². The molecule has 0 heterocycles. The molecular weight excluding hydrogens is 182 g/mol. The Kier molecular flexibility index (Phi) is 3.50. The van der Waals surface area contributed by atoms with Gasteiger partial charge in [0.05, 0.1) is 4.92 Å². The molecule has 0 bridgehead atoms. The molecule has 71 valence electrons. The number of non-ortho nitro benzene ring substituents is 1. The van der Waals surface area contributed by atoms with Crippen molar-refractivity contribution in [2.45, 2.75) is 6.61 Å². The molecule has 14 heavy (non-hydrogen) atoms. The maximum absolute atomic E-state index is 10.3. The third-order valence-electron chi connectivity index (χ3n) is 1.53. The molecule has 0 aliphatic carbocycles. The summed E-state index contributed by atoms with van der Waals surface area (Å²) in [4.78, 5) is 9.87. The van der Waals surface area contributed by atoms with E-state index in [4.69, 9.17) is 4.74 Å². The normalized spacial score (nSPS) is 8.64. The van der Waals surface area contributed by atoms with Crippen LogP contribution in [-0.4, -0.2) is 4.92 Å². The zero-order valence-electron chi connectivity index (χ0n) is 7.40. The first-order valence-corrected chi connectivity index (χ1v) is 3.86. The molecule has 4 heteroatoms. The highest BCUT2D eigenvalue weighted by Crippen LogP contribution is 2.12. The lowest BCUT2D eigenvalue weighted by Gasteiger charge is -1.97. The van der Waals surface area contributed by atoms with Crippen LogP contribution in [0.3, 0.4) is 0 Å². The molecule has 0 aliphatic heterocycles. The van der Waals surface area contributed by atoms with Crippen LogP contribution < -0.4 is 0 Å². The first-order chi connectivity index (χ1) is 6.74. The molecule has 0 spiro atoms. The Balaban J connectivity index is 2.62. The Hall–Kier alpha value is -2.02. The van der Waals surface area contributed by atoms with Crippen LogP contribution in [0.2, 0.25) is 0 Å². The van der Waals surface area contributed by atoms with Crippen molar-refractivity contribution in [3.8, 4) is 12.0 Å². The standard InChI is InChI=1S/C10H8NO3/c1-2-7-14-8-9-3-5-10(6-4-9)11(12)13/h3-6H,1,8H2. The van der Waals surface area contributed by atoms with Crippen LogP contribution >= 0.6 is 0 Å². The number of ether oxygens (including phenoxy) is 1. The van der Waals surface area contributed by atoms with Gasteiger partial charge in [-0.25, -0.2) is 0 Å². The van der Waals surface area contributed by atoms with Crippen LogP contribution in [0, 0.1) is 29.1 Å². The fourth-order valence-corrected chi connectivity index (χ4v) is 0.884. The molecule has 0 fully saturated rings. The van der Waals surface area contributed by atoms with Crippen molar-refractivity contribution in [2.75, 3.05) is 0 Å². The second-order valence-corrected chi connectivity index (χ2v) is 2.49. The predicted octanol–water partition coefficient (Wildman–Crippen LogP) is 1.91. The molecule has 1 rings (SSSR count). The van der Waals surface area contributed by atoms with E-state index >= 15 is 0 Å². The molecule has 1 aromatic rings. The Morgan fingerprint density at radius 3 is 2.57 bits per heavy atom. The molecule has 0 amide bonds. The maximum atomic E-state index is 10.3. The van der Waals surface area contributed by atoms with Gasteiger partial charge in [-0.1, -0.05) is 5.92 Å². The second-order valence-electron chi connectivity index (χ2n) is 2.49. The highest BCUT2D eigenvalue weighted by Gasteiger charge is 2.03. The molecule has 0 atom stereocenters. The first-order valence-electron chi connectivity index (χ1n) is 3.86. The fraction of sp³-hybridized carbons (Fsp3) is 0.100. The minimum Gasteiger partial charge on any atom is -0.442 e. The Labute approximate surface area is 81.7 Å². The second kappa shape index (κ2) is 4.87. The molecule has 1 radical (unpaired) electrons. The molecule has 0 N–H and O–H groups in total. The third-order valence-corrected chi connectivity index (χ3v) is 1.53. The zero-order chi connectivity index (χ0) is 10.4. The monoisotopic (exact) mass is 190 g/mol. The van der Waals surface area contributed by atoms with Gasteiger partial charge >= 0.3 is 0 Å². The summed E-state index contributed by atoms with van der Waals surface area (Å²) >= 11 is 0. The quantitative estimate of drug-likeness (QED) is 0.415. The van der Waals surface area contributed by atoms with Crippen molar-refractivity contribution in [2.24, 2.45) is 0 Å². The molecular formula is C10H8NO3. The predicted molar refractivity (Wildman–Crippen MR) is 51.0 cm³/mol. The number of benzene rings is 1. The molecule has 0 saturated heterocycles. The molecule has 0 saturated carbocycles. The SMILES string of the molecule is [CH2]C#COCc1ccc([N+](=O)[O-])cc1. The van der Waals surface area contributed by atoms with E-state index in [-0.39, 0.29) is 5.69 Å². The zero-order valence-corrected chi connectivity index (χ0v) is 7.40. The van der Waals surface area contributed by atoms with Crippen LogP contribution in [0.25, 0.3) is 0 Å². The van der Waals surface area contributed by atoms with Crippen molar-refractivity contribution in [1.29, 1.82) is 0 Å². The summed E-state index contributed by atoms with van der Waals surface area (Å²) in [5, 5.41) is 10.3. The lowest BCUT2D eigenvalue weighted by molar-refractivity contribution is -0.384. The number of rotatable bonds is 3. The van der Waals surface area contributed by atoms with E-state index in [2.05, 4.69) is 19.0 Å². The Bertz CT molecular complexity index is 373. The van der Waals surface area contributed by atoms with Crippen LogP contribution in [0.5, 0.6) is 0 Å². The lowest BCUT2D eigenvalue weighted by atomic mass is 10.2. The van der Waals surface area contributed by atoms with Gasteiger partial charge in [-0.2, -0.15) is 0 Å². The van der Waals surface area contributed by atoms with Crippen molar-refractivity contribution in [3.63, 3.8) is 0 Å². The number of nitro groups is 1. The lowest BCUT2D eigenvalue weighted by Crippen LogP contribution is -1.90. The number of nitrogens with zero attached hydrogens (tertiary/aromatic N) is 1. The summed E-state index contributed by atoms with van der Waals surface area (Å²) < 4.78 is 4.88. The average Bonchev–Trinajstić information content (AvgIpc) is 2.19. The van der Waals surface area contributed by atoms with Gasteiger partial charge < -0.3 is 4.74 Å². The molecule has 0 aliphatic rings. The van der Waals surface area contributed by atoms with Crippen molar-refractivity contribution < 1.29 is 9.66 Å². The summed E-state index contributed by atoms with van der Waals surface area (Å²) in [6.45, 7) is 3.58. The van der Waals surface area contributed by atoms with E-state index in [1.54, 1.807) is 12.1 Å². The van der Waals surface area contributed by atoms with Crippen molar-refractivity contribution in [3.05, 3.63) is 46.9 Å². The van der Waals surface area contributed by atoms with E-state index in [1.807, 2.05) is 0 Å². The van der Waals surface area contributed by atoms with Gasteiger partial charge in [0.15, 0.2) is 0 Å². The fourth-order valence-electron chi connectivity index (χ4n) is 0.884. The Morgan fingerprint density at radius 1 is 1.43 bits per heavy atom. The molecule has 1 aromatic carbocycles. The number of hydrogen-bond acceptors (Lipinski definition) is 3. The van der Waals surface area contributed by atoms with Crippen LogP contribution in [-0.2, 0) is 11.3 Å². The van der Waals surface area contributed by atoms with Gasteiger partial charge in [-0.05, 0) is 17.7 Å². The van der Waals surface area contributed by atoms with Crippen LogP contribution in [0.15, 0.2) is 24.3 Å². The van der Waals surface area contributed by atoms with E-state index in [0.29, 0.717) is 6.61 Å². The first kappa shape index (κ1) is 10.1. The largest absolute Gasteiger partial charge is 0.442 e. The van der Waals surface area contributed by atoms with E-state index in [9.17, 15) is 10.1 Å². The highest BCUT2D eigenvalue weighted by atomic mass is 16.6. The minimum absolute atomic E-state index is 0.0667. The summed E-state index contributed by atoms with van der Waals surface area (Å²) in [5.41, 5.74) is 0.898. The summed E-state index contributed by atoms with van der Waals surface area (Å²) in [7, 11) is 0. The Morgan fingerprint density at radius 2 is 2.07 bits per heavy atom. The summed E-state index contributed by atoms with van der Waals surface area (Å²) in [6, 6.07) is 6.11. The smallest absolute Gasteiger partial charge is 0.269 e. The van der Waals surface area contributed by atoms with Crippen LogP contribution in [0.1, 0.15) is 5.56 Å². The van der Waals surface area contributed by atoms with Crippen molar-refractivity contribution >= 4 is 5.69 Å². The number of nitro benzene ring substituents is 1. The highest BCUT2D eigenvalue weighted by molar-refractivity contribution is 5.32. The molecule has 4 nitrogen and oxygen atoms in total. The van der Waals surface area contributed by atoms with Gasteiger partial charge in [0.1, 0.15) is 12.7 Å². The number of hydrogen-bond donors (Lipinski definition) is 0. The summed E-state index contributed by atoms with van der Waals surface area (Å²) in [6.07, 6.45) is 2.34. The topological polar surface area (TPSA) is 52.4 Å². The van der Waals surface area contributed by atoms with E-state index < -0.39 is 4.92 Å². The molecule has 0 aromatic heterocycles.